The fraction of sp³-hybridized carbons (Fsp3) is 0.564. The van der Waals surface area contributed by atoms with Gasteiger partial charge in [0.2, 0.25) is 0 Å². The number of nitrogen functional groups attached to an aromatic ring is 1. The fourth-order valence-electron chi connectivity index (χ4n) is 10.7. The van der Waals surface area contributed by atoms with E-state index in [9.17, 15) is 4.79 Å². The summed E-state index contributed by atoms with van der Waals surface area (Å²) in [6.07, 6.45) is 10.9. The Balaban J connectivity index is 0.00000195. The second-order valence-electron chi connectivity index (χ2n) is 16.6. The maximum atomic E-state index is 17.7. The number of anilines is 2. The molecule has 2 radical (unpaired) electrons. The number of carbonyl (C=O) groups excluding carboxylic acids is 1. The standard InChI is InChI=1S/C38H41F2N11O3S.CH3.Sb/c1-20-4-2-11-49(36(53)50-19-42-18-43-50)38(20)10-13-47(16-38)32-26-29(45-35(46-32)54-17-37-9-3-12-48(37)25-14-21(25)15-37)27(40)30(51(33(26)52)22-5-6-22)23-7-8-24(39)31-28(23)44-34(41)55-31;;/h7-8,18-22,25H,2-6,9-17H2,1H3,(H2,41,44);1H3;. The van der Waals surface area contributed by atoms with Crippen LogP contribution in [0.3, 0.4) is 0 Å². The van der Waals surface area contributed by atoms with Gasteiger partial charge in [0, 0.05) is 37.3 Å². The summed E-state index contributed by atoms with van der Waals surface area (Å²) in [7, 11) is 0. The number of aromatic nitrogens is 7. The van der Waals surface area contributed by atoms with E-state index in [2.05, 4.69) is 31.8 Å². The predicted molar refractivity (Wildman–Crippen MR) is 213 cm³/mol. The molecule has 2 aliphatic carbocycles. The van der Waals surface area contributed by atoms with Crippen molar-refractivity contribution < 1.29 is 18.3 Å². The number of likely N-dealkylation sites (tertiary alicyclic amines) is 1. The molecular weight excluding hydrogens is 862 g/mol. The van der Waals surface area contributed by atoms with Crippen molar-refractivity contribution >= 4 is 72.5 Å². The Labute approximate surface area is 345 Å². The van der Waals surface area contributed by atoms with Gasteiger partial charge in [0.25, 0.3) is 5.56 Å². The number of thiazole rings is 1. The third kappa shape index (κ3) is 5.79. The van der Waals surface area contributed by atoms with Gasteiger partial charge < -0.3 is 24.8 Å². The molecule has 5 unspecified atom stereocenters. The number of benzene rings is 1. The Bertz CT molecular complexity index is 2480. The van der Waals surface area contributed by atoms with Crippen LogP contribution >= 0.6 is 11.3 Å². The van der Waals surface area contributed by atoms with Crippen molar-refractivity contribution in [1.29, 1.82) is 0 Å². The first-order valence-electron chi connectivity index (χ1n) is 19.9. The number of hydrogen-bond donors (Lipinski definition) is 1. The molecule has 57 heavy (non-hydrogen) atoms. The summed E-state index contributed by atoms with van der Waals surface area (Å²) in [5, 5.41) is 4.34. The van der Waals surface area contributed by atoms with Gasteiger partial charge >= 0.3 is 39.9 Å². The van der Waals surface area contributed by atoms with Gasteiger partial charge in [-0.2, -0.15) is 19.7 Å². The van der Waals surface area contributed by atoms with Crippen LogP contribution in [0.2, 0.25) is 4.87 Å². The first-order chi connectivity index (χ1) is 27.7. The van der Waals surface area contributed by atoms with E-state index >= 15 is 13.6 Å². The number of ether oxygens (including phenoxy) is 1. The van der Waals surface area contributed by atoms with Crippen molar-refractivity contribution in [2.45, 2.75) is 92.7 Å². The quantitative estimate of drug-likeness (QED) is 0.218. The first kappa shape index (κ1) is 37.3. The average molecular weight is 907 g/mol. The summed E-state index contributed by atoms with van der Waals surface area (Å²) in [6.45, 7) is 4.98. The van der Waals surface area contributed by atoms with E-state index in [1.807, 2.05) is 9.80 Å². The molecule has 11 rings (SSSR count). The molecule has 4 saturated heterocycles. The number of nitrogens with two attached hydrogens (primary N) is 1. The van der Waals surface area contributed by atoms with E-state index in [4.69, 9.17) is 20.4 Å². The number of pyridine rings is 1. The average Bonchev–Trinajstić information content (AvgIpc) is 3.78. The Morgan fingerprint density at radius 3 is 2.70 bits per heavy atom. The van der Waals surface area contributed by atoms with Crippen molar-refractivity contribution in [2.75, 3.05) is 43.4 Å². The maximum absolute atomic E-state index is 17.7. The molecular formula is C39H44F2N11O3SSb. The molecule has 2 saturated carbocycles. The molecule has 2 N–H and O–H groups in total. The number of carbonyl (C=O) groups is 1. The molecule has 14 nitrogen and oxygen atoms in total. The minimum absolute atomic E-state index is 0.00532. The zero-order valence-corrected chi connectivity index (χ0v) is 35.3. The summed E-state index contributed by atoms with van der Waals surface area (Å²) in [5.74, 6) is -0.130. The van der Waals surface area contributed by atoms with E-state index in [0.29, 0.717) is 63.3 Å². The second kappa shape index (κ2) is 13.8. The molecule has 1 aromatic carbocycles. The molecule has 6 fully saturated rings. The number of amides is 1. The second-order valence-corrected chi connectivity index (χ2v) is 17.6. The Morgan fingerprint density at radius 1 is 1.07 bits per heavy atom. The van der Waals surface area contributed by atoms with E-state index in [-0.39, 0.29) is 67.0 Å². The van der Waals surface area contributed by atoms with Crippen LogP contribution in [-0.4, -0.2) is 123 Å². The van der Waals surface area contributed by atoms with E-state index in [1.165, 1.54) is 40.5 Å². The molecule has 298 valence electrons. The van der Waals surface area contributed by atoms with Gasteiger partial charge in [0.05, 0.1) is 27.0 Å². The van der Waals surface area contributed by atoms with Crippen molar-refractivity contribution in [2.24, 2.45) is 11.8 Å². The fourth-order valence-corrected chi connectivity index (χ4v) is 11.5. The third-order valence-corrected chi connectivity index (χ3v) is 14.5. The van der Waals surface area contributed by atoms with Crippen molar-refractivity contribution in [3.8, 4) is 17.3 Å². The monoisotopic (exact) mass is 905 g/mol. The summed E-state index contributed by atoms with van der Waals surface area (Å²) >= 11 is 2.73. The summed E-state index contributed by atoms with van der Waals surface area (Å²) in [4.78, 5) is 55.5. The third-order valence-electron chi connectivity index (χ3n) is 13.6. The minimum atomic E-state index is -0.722. The van der Waals surface area contributed by atoms with Crippen LogP contribution in [0.4, 0.5) is 24.5 Å². The number of rotatable bonds is 6. The molecule has 1 spiro atoms. The SMILES string of the molecule is CC1CCCN(C(=O)n2cncn2)C12CCN(c1nc(OCC34CCCN3C3CC3C4)nc3c(F)c(-c4ccc(F)c5sc(N)nc45)n(C4CC4)c(=O)c13)C2.[CH3][Sb]. The van der Waals surface area contributed by atoms with Gasteiger partial charge in [0.15, 0.2) is 10.9 Å². The number of nitrogens with zero attached hydrogens (tertiary/aromatic N) is 10. The zero-order valence-electron chi connectivity index (χ0n) is 31.9. The molecule has 1 amide bonds. The zero-order chi connectivity index (χ0) is 39.4. The Kier molecular flexibility index (Phi) is 9.05. The summed E-state index contributed by atoms with van der Waals surface area (Å²) < 4.78 is 42.2. The van der Waals surface area contributed by atoms with Gasteiger partial charge in [0.1, 0.15) is 41.8 Å². The molecule has 8 heterocycles. The molecule has 5 aromatic rings. The summed E-state index contributed by atoms with van der Waals surface area (Å²) in [5.41, 5.74) is 5.25. The van der Waals surface area contributed by atoms with Crippen LogP contribution in [-0.2, 0) is 0 Å². The van der Waals surface area contributed by atoms with Gasteiger partial charge in [-0.15, -0.1) is 0 Å². The van der Waals surface area contributed by atoms with Gasteiger partial charge in [-0.05, 0) is 88.3 Å². The van der Waals surface area contributed by atoms with Crippen molar-refractivity contribution in [3.05, 3.63) is 46.8 Å². The van der Waals surface area contributed by atoms with Crippen LogP contribution in [0.25, 0.3) is 32.4 Å². The molecule has 0 bridgehead atoms. The van der Waals surface area contributed by atoms with Crippen LogP contribution in [0.1, 0.15) is 70.8 Å². The number of halogens is 2. The topological polar surface area (TPSA) is 153 Å². The normalized spacial score (nSPS) is 27.9. The van der Waals surface area contributed by atoms with E-state index in [1.54, 1.807) is 23.0 Å². The Morgan fingerprint density at radius 2 is 1.91 bits per heavy atom. The molecule has 4 aliphatic heterocycles. The van der Waals surface area contributed by atoms with Crippen LogP contribution in [0.15, 0.2) is 29.6 Å². The number of hydrogen-bond acceptors (Lipinski definition) is 12. The molecule has 6 aliphatic rings. The van der Waals surface area contributed by atoms with Gasteiger partial charge in [-0.1, -0.05) is 18.3 Å². The van der Waals surface area contributed by atoms with Gasteiger partial charge in [-0.3, -0.25) is 9.69 Å². The van der Waals surface area contributed by atoms with Crippen LogP contribution in [0.5, 0.6) is 6.01 Å². The number of piperidine rings is 2. The molecule has 5 atom stereocenters. The van der Waals surface area contributed by atoms with E-state index in [0.717, 1.165) is 50.0 Å². The first-order valence-corrected chi connectivity index (χ1v) is 23.3. The molecule has 4 aromatic heterocycles. The van der Waals surface area contributed by atoms with Crippen LogP contribution < -0.4 is 20.9 Å². The number of fused-ring (bicyclic) bond motifs is 5. The van der Waals surface area contributed by atoms with Crippen molar-refractivity contribution in [1.82, 2.24) is 44.1 Å². The van der Waals surface area contributed by atoms with Crippen LogP contribution in [0, 0.1) is 23.5 Å². The summed E-state index contributed by atoms with van der Waals surface area (Å²) in [6, 6.07) is 2.83. The van der Waals surface area contributed by atoms with Crippen molar-refractivity contribution in [3.63, 3.8) is 0 Å². The Hall–Kier alpha value is -3.95. The van der Waals surface area contributed by atoms with E-state index < -0.39 is 22.7 Å². The van der Waals surface area contributed by atoms with Gasteiger partial charge in [-0.25, -0.2) is 23.5 Å². The molecule has 18 heteroatoms. The predicted octanol–water partition coefficient (Wildman–Crippen LogP) is 5.41.